The lowest BCUT2D eigenvalue weighted by molar-refractivity contribution is 0.661. The van der Waals surface area contributed by atoms with Gasteiger partial charge in [0.15, 0.2) is 0 Å². The molecule has 0 saturated carbocycles. The summed E-state index contributed by atoms with van der Waals surface area (Å²) in [6.45, 7) is 14.5. The Kier molecular flexibility index (Phi) is 21.4. The van der Waals surface area contributed by atoms with Crippen LogP contribution in [0.3, 0.4) is 0 Å². The molecule has 1 N–H and O–H groups in total. The lowest BCUT2D eigenvalue weighted by Crippen LogP contribution is -2.18. The second-order valence-electron chi connectivity index (χ2n) is 42.3. The molecule has 3 aliphatic rings. The first-order valence-electron chi connectivity index (χ1n) is 52.1. The highest BCUT2D eigenvalue weighted by atomic mass is 79.9. The van der Waals surface area contributed by atoms with Crippen LogP contribution in [0.5, 0.6) is 0 Å². The van der Waals surface area contributed by atoms with Gasteiger partial charge >= 0.3 is 0 Å². The fourth-order valence-corrected chi connectivity index (χ4v) is 26.9. The third-order valence-electron chi connectivity index (χ3n) is 33.0. The van der Waals surface area contributed by atoms with Crippen LogP contribution >= 0.6 is 31.9 Å². The van der Waals surface area contributed by atoms with Crippen molar-refractivity contribution in [2.24, 2.45) is 0 Å². The normalized spacial score (nSPS) is 13.2. The summed E-state index contributed by atoms with van der Waals surface area (Å²) in [5, 5.41) is 36.8. The first kappa shape index (κ1) is 90.2. The number of rotatable bonds is 11. The zero-order chi connectivity index (χ0) is 101. The predicted octanol–water partition coefficient (Wildman–Crippen LogP) is 42.2. The average Bonchev–Trinajstić information content (AvgIpc) is 1.69. The number of nitrogens with zero attached hydrogens (tertiary/aromatic N) is 2. The van der Waals surface area contributed by atoms with E-state index in [0.717, 1.165) is 67.0 Å². The van der Waals surface area contributed by atoms with Gasteiger partial charge in [-0.1, -0.05) is 430 Å². The zero-order valence-electron chi connectivity index (χ0n) is 84.0. The molecular weight excluding hydrogens is 1940 g/mol. The van der Waals surface area contributed by atoms with Crippen molar-refractivity contribution < 1.29 is 0 Å². The molecule has 0 atom stereocenters. The van der Waals surface area contributed by atoms with E-state index in [1.807, 2.05) is 0 Å². The number of nitrogens with one attached hydrogen (secondary N) is 1. The van der Waals surface area contributed by atoms with Crippen molar-refractivity contribution in [2.45, 2.75) is 57.8 Å². The van der Waals surface area contributed by atoms with Gasteiger partial charge in [-0.25, -0.2) is 0 Å². The maximum Gasteiger partial charge on any atom is 0.0619 e. The van der Waals surface area contributed by atoms with Crippen molar-refractivity contribution in [3.63, 3.8) is 0 Å². The first-order valence-corrected chi connectivity index (χ1v) is 53.7. The second-order valence-corrected chi connectivity index (χ2v) is 43.9. The number of hydrogen-bond acceptors (Lipinski definition) is 3. The lowest BCUT2D eigenvalue weighted by atomic mass is 9.81. The second kappa shape index (κ2) is 35.5. The van der Waals surface area contributed by atoms with E-state index in [0.29, 0.717) is 0 Å². The molecule has 27 aromatic rings. The Balaban J connectivity index is 0.000000156. The van der Waals surface area contributed by atoms with Gasteiger partial charge in [-0.2, -0.15) is 0 Å². The SMILES string of the molecule is Brc1c2ccccc2c(Br)c2ccccc12.CC1(C)c2cc(N(c3ccc(-c4ccccc4)cc3)c3c4ccccc4c(N(c4ccc(-c5ccccc5)cc4)c4ccc5c(c4)C(C)(C)c4cc6c7ccccc7c7ccccc7c6cc4-5)c4ccccc34)ccc2-c2cc3c4ccccc4c4ccccc4c3cc21.CC1(C)c2cc(Nc3ccc(-c4ccccc4)cc3)ccc2-c2cc3c4ccccc4c4ccccc4c3cc21. The molecule has 150 heavy (non-hydrogen) atoms. The Bertz CT molecular complexity index is 9740. The molecule has 0 aliphatic heterocycles. The number of benzene rings is 27. The highest BCUT2D eigenvalue weighted by molar-refractivity contribution is 9.11. The fraction of sp³-hybridized carbons (Fsp3) is 0.0621. The summed E-state index contributed by atoms with van der Waals surface area (Å²) < 4.78 is 2.34. The van der Waals surface area contributed by atoms with Crippen molar-refractivity contribution in [2.75, 3.05) is 15.1 Å². The van der Waals surface area contributed by atoms with Gasteiger partial charge in [-0.05, 0) is 360 Å². The maximum absolute atomic E-state index is 3.70. The molecule has 0 spiro atoms. The fourth-order valence-electron chi connectivity index (χ4n) is 25.5. The van der Waals surface area contributed by atoms with Gasteiger partial charge in [-0.15, -0.1) is 0 Å². The van der Waals surface area contributed by atoms with Crippen molar-refractivity contribution in [1.82, 2.24) is 0 Å². The van der Waals surface area contributed by atoms with Crippen molar-refractivity contribution in [1.29, 1.82) is 0 Å². The molecule has 27 aromatic carbocycles. The molecule has 5 heteroatoms. The quantitative estimate of drug-likeness (QED) is 0.0791. The Morgan fingerprint density at radius 3 is 0.620 bits per heavy atom. The van der Waals surface area contributed by atoms with Crippen LogP contribution in [-0.4, -0.2) is 0 Å². The van der Waals surface area contributed by atoms with Gasteiger partial charge in [0, 0.05) is 80.9 Å². The van der Waals surface area contributed by atoms with Crippen LogP contribution in [0.15, 0.2) is 506 Å². The smallest absolute Gasteiger partial charge is 0.0619 e. The van der Waals surface area contributed by atoms with Crippen LogP contribution in [0, 0.1) is 0 Å². The van der Waals surface area contributed by atoms with Crippen molar-refractivity contribution in [3.8, 4) is 66.8 Å². The molecule has 0 heterocycles. The molecule has 0 amide bonds. The van der Waals surface area contributed by atoms with Gasteiger partial charge in [0.1, 0.15) is 0 Å². The summed E-state index contributed by atoms with van der Waals surface area (Å²) in [6, 6.07) is 184. The third kappa shape index (κ3) is 14.5. The lowest BCUT2D eigenvalue weighted by Gasteiger charge is -2.34. The number of halogens is 2. The highest BCUT2D eigenvalue weighted by Crippen LogP contribution is 2.60. The standard InChI is InChI=1S/C92H64N2.C39H29N.C14H8Br2/c1-91(2)85-51-63(47-49-73(85)83-53-79-69-31-15-11-27-65(69)67-29-13-17-33-71(67)81(79)55-87(83)91)93(61-43-39-59(40-44-61)57-23-7-5-8-24-57)89-75-35-19-21-37-77(75)90(78-38-22-20-36-76(78)89)94(62-45-41-60(42-46-62)58-25-9-6-10-26-58)64-48-50-74-84-54-80-70-32-16-12-28-66(70)68-30-14-18-34-72(68)82(80)56-88(84)92(3,4)86(74)52-64;1-39(2)37-22-28(40-27-18-16-26(17-19-27)25-10-4-3-5-11-25)20-21-33(37)36-23-34-31-14-8-6-12-29(31)30-13-7-9-15-32(30)35(34)24-38(36)39;15-13-9-5-1-2-6-10(9)14(16)12-8-4-3-7-11(12)13/h5-56H,1-4H3;3-24,40H,1-2H3;1-8H. The van der Waals surface area contributed by atoms with Crippen LogP contribution < -0.4 is 15.1 Å². The van der Waals surface area contributed by atoms with E-state index in [1.54, 1.807) is 0 Å². The highest BCUT2D eigenvalue weighted by Gasteiger charge is 2.42. The summed E-state index contributed by atoms with van der Waals surface area (Å²) in [7, 11) is 0. The van der Waals surface area contributed by atoms with E-state index < -0.39 is 0 Å². The number of hydrogen-bond donors (Lipinski definition) is 1. The number of anilines is 8. The average molecular weight is 2050 g/mol. The summed E-state index contributed by atoms with van der Waals surface area (Å²) in [4.78, 5) is 5.12. The molecule has 30 rings (SSSR count). The zero-order valence-corrected chi connectivity index (χ0v) is 87.2. The van der Waals surface area contributed by atoms with Gasteiger partial charge in [0.25, 0.3) is 0 Å². The largest absolute Gasteiger partial charge is 0.356 e. The van der Waals surface area contributed by atoms with Crippen LogP contribution in [0.25, 0.3) is 207 Å². The van der Waals surface area contributed by atoms with Crippen LogP contribution in [0.4, 0.5) is 45.5 Å². The molecule has 710 valence electrons. The Morgan fingerprint density at radius 1 is 0.153 bits per heavy atom. The summed E-state index contributed by atoms with van der Waals surface area (Å²) in [5.41, 5.74) is 31.4. The molecule has 3 nitrogen and oxygen atoms in total. The molecule has 0 bridgehead atoms. The molecule has 0 fully saturated rings. The van der Waals surface area contributed by atoms with Crippen LogP contribution in [0.1, 0.15) is 74.9 Å². The molecule has 0 aromatic heterocycles. The van der Waals surface area contributed by atoms with E-state index in [9.17, 15) is 0 Å². The van der Waals surface area contributed by atoms with Gasteiger partial charge in [0.2, 0.25) is 0 Å². The van der Waals surface area contributed by atoms with E-state index in [-0.39, 0.29) is 16.2 Å². The Hall–Kier alpha value is -17.3. The topological polar surface area (TPSA) is 18.5 Å². The van der Waals surface area contributed by atoms with Crippen LogP contribution in [0.2, 0.25) is 0 Å². The van der Waals surface area contributed by atoms with E-state index >= 15 is 0 Å². The molecule has 0 radical (unpaired) electrons. The van der Waals surface area contributed by atoms with E-state index in [2.05, 4.69) is 586 Å². The minimum absolute atomic E-state index is 0.0968. The molecule has 3 aliphatic carbocycles. The predicted molar refractivity (Wildman–Crippen MR) is 650 cm³/mol. The van der Waals surface area contributed by atoms with Gasteiger partial charge in [0.05, 0.1) is 11.4 Å². The van der Waals surface area contributed by atoms with Crippen molar-refractivity contribution >= 4 is 217 Å². The van der Waals surface area contributed by atoms with E-state index in [1.165, 1.54) is 228 Å². The van der Waals surface area contributed by atoms with Gasteiger partial charge in [-0.3, -0.25) is 0 Å². The molecule has 0 saturated heterocycles. The first-order chi connectivity index (χ1) is 73.5. The van der Waals surface area contributed by atoms with Crippen LogP contribution in [-0.2, 0) is 16.2 Å². The third-order valence-corrected chi connectivity index (χ3v) is 34.7. The minimum atomic E-state index is -0.309. The summed E-state index contributed by atoms with van der Waals surface area (Å²) >= 11 is 7.39. The number of fused-ring (bicyclic) bond motifs is 31. The maximum atomic E-state index is 3.70. The summed E-state index contributed by atoms with van der Waals surface area (Å²) in [5.74, 6) is 0. The Morgan fingerprint density at radius 2 is 0.347 bits per heavy atom. The van der Waals surface area contributed by atoms with Crippen molar-refractivity contribution in [3.05, 3.63) is 540 Å². The minimum Gasteiger partial charge on any atom is -0.356 e. The van der Waals surface area contributed by atoms with E-state index in [4.69, 9.17) is 0 Å². The summed E-state index contributed by atoms with van der Waals surface area (Å²) in [6.07, 6.45) is 0. The van der Waals surface area contributed by atoms with Gasteiger partial charge < -0.3 is 15.1 Å². The monoisotopic (exact) mass is 2040 g/mol. The molecular formula is C145H101Br2N3. The Labute approximate surface area is 889 Å². The molecule has 0 unspecified atom stereocenters.